The summed E-state index contributed by atoms with van der Waals surface area (Å²) in [5.74, 6) is -0.0231. The molecule has 0 unspecified atom stereocenters. The van der Waals surface area contributed by atoms with Gasteiger partial charge in [0, 0.05) is 18.9 Å². The van der Waals surface area contributed by atoms with E-state index in [1.807, 2.05) is 49.2 Å². The van der Waals surface area contributed by atoms with Gasteiger partial charge in [-0.15, -0.1) is 0 Å². The molecule has 2 rings (SSSR count). The summed E-state index contributed by atoms with van der Waals surface area (Å²) in [5.41, 5.74) is 9.12. The molecule has 1 aromatic heterocycles. The van der Waals surface area contributed by atoms with Crippen molar-refractivity contribution < 1.29 is 0 Å². The molecule has 92 valence electrons. The molecule has 0 saturated heterocycles. The second-order valence-electron chi connectivity index (χ2n) is 4.18. The summed E-state index contributed by atoms with van der Waals surface area (Å²) in [7, 11) is 1.94. The summed E-state index contributed by atoms with van der Waals surface area (Å²) in [6, 6.07) is 11.9. The predicted molar refractivity (Wildman–Crippen MR) is 74.5 cm³/mol. The van der Waals surface area contributed by atoms with Gasteiger partial charge in [0.25, 0.3) is 0 Å². The zero-order valence-electron chi connectivity index (χ0n) is 10.5. The van der Waals surface area contributed by atoms with E-state index in [4.69, 9.17) is 11.1 Å². The van der Waals surface area contributed by atoms with Gasteiger partial charge >= 0.3 is 0 Å². The van der Waals surface area contributed by atoms with Crippen molar-refractivity contribution >= 4 is 17.2 Å². The highest BCUT2D eigenvalue weighted by atomic mass is 15.1. The number of aryl methyl sites for hydroxylation is 1. The average Bonchev–Trinajstić information content (AvgIpc) is 2.38. The molecule has 0 aliphatic heterocycles. The van der Waals surface area contributed by atoms with E-state index in [-0.39, 0.29) is 5.84 Å². The molecule has 4 heteroatoms. The van der Waals surface area contributed by atoms with E-state index in [0.29, 0.717) is 5.69 Å². The van der Waals surface area contributed by atoms with E-state index < -0.39 is 0 Å². The Kier molecular flexibility index (Phi) is 3.28. The molecule has 0 amide bonds. The first-order chi connectivity index (χ1) is 8.59. The Labute approximate surface area is 107 Å². The monoisotopic (exact) mass is 240 g/mol. The normalized spacial score (nSPS) is 10.1. The molecule has 4 nitrogen and oxygen atoms in total. The number of anilines is 2. The lowest BCUT2D eigenvalue weighted by Crippen LogP contribution is -2.20. The Balaban J connectivity index is 2.46. The van der Waals surface area contributed by atoms with Gasteiger partial charge in [-0.05, 0) is 36.8 Å². The number of nitrogens with one attached hydrogen (secondary N) is 1. The van der Waals surface area contributed by atoms with Gasteiger partial charge in [0.2, 0.25) is 0 Å². The van der Waals surface area contributed by atoms with Crippen LogP contribution in [0.1, 0.15) is 11.3 Å². The van der Waals surface area contributed by atoms with Gasteiger partial charge in [-0.25, -0.2) is 0 Å². The third-order valence-corrected chi connectivity index (χ3v) is 2.79. The third kappa shape index (κ3) is 2.32. The molecule has 1 heterocycles. The fourth-order valence-corrected chi connectivity index (χ4v) is 1.85. The molecule has 1 aromatic carbocycles. The highest BCUT2D eigenvalue weighted by molar-refractivity contribution is 5.99. The highest BCUT2D eigenvalue weighted by Gasteiger charge is 2.11. The SMILES string of the molecule is Cc1cccc(N(C)c2cccnc2C(=N)N)c1. The van der Waals surface area contributed by atoms with E-state index in [1.165, 1.54) is 5.56 Å². The van der Waals surface area contributed by atoms with Crippen molar-refractivity contribution in [2.45, 2.75) is 6.92 Å². The summed E-state index contributed by atoms with van der Waals surface area (Å²) in [4.78, 5) is 6.14. The lowest BCUT2D eigenvalue weighted by atomic mass is 10.2. The van der Waals surface area contributed by atoms with Crippen molar-refractivity contribution in [3.63, 3.8) is 0 Å². The standard InChI is InChI=1S/C14H16N4/c1-10-5-3-6-11(9-10)18(2)12-7-4-8-17-13(12)14(15)16/h3-9H,1-2H3,(H3,15,16). The molecule has 0 saturated carbocycles. The smallest absolute Gasteiger partial charge is 0.143 e. The molecule has 0 atom stereocenters. The summed E-state index contributed by atoms with van der Waals surface area (Å²) >= 11 is 0. The number of hydrogen-bond acceptors (Lipinski definition) is 3. The van der Waals surface area contributed by atoms with Gasteiger partial charge < -0.3 is 10.6 Å². The van der Waals surface area contributed by atoms with Gasteiger partial charge in [0.05, 0.1) is 5.69 Å². The maximum atomic E-state index is 7.56. The molecular formula is C14H16N4. The highest BCUT2D eigenvalue weighted by Crippen LogP contribution is 2.25. The number of amidine groups is 1. The number of rotatable bonds is 3. The number of pyridine rings is 1. The molecular weight excluding hydrogens is 224 g/mol. The van der Waals surface area contributed by atoms with Gasteiger partial charge in [-0.1, -0.05) is 12.1 Å². The number of nitrogens with zero attached hydrogens (tertiary/aromatic N) is 2. The van der Waals surface area contributed by atoms with Gasteiger partial charge in [0.1, 0.15) is 11.5 Å². The molecule has 18 heavy (non-hydrogen) atoms. The van der Waals surface area contributed by atoms with E-state index in [2.05, 4.69) is 11.1 Å². The van der Waals surface area contributed by atoms with Crippen LogP contribution in [0.2, 0.25) is 0 Å². The number of hydrogen-bond donors (Lipinski definition) is 2. The fraction of sp³-hybridized carbons (Fsp3) is 0.143. The Hall–Kier alpha value is -2.36. The summed E-state index contributed by atoms with van der Waals surface area (Å²) < 4.78 is 0. The van der Waals surface area contributed by atoms with Crippen molar-refractivity contribution in [2.24, 2.45) is 5.73 Å². The van der Waals surface area contributed by atoms with Crippen LogP contribution in [-0.4, -0.2) is 17.9 Å². The maximum absolute atomic E-state index is 7.56. The van der Waals surface area contributed by atoms with E-state index in [9.17, 15) is 0 Å². The third-order valence-electron chi connectivity index (χ3n) is 2.79. The minimum Gasteiger partial charge on any atom is -0.382 e. The molecule has 0 radical (unpaired) electrons. The summed E-state index contributed by atoms with van der Waals surface area (Å²) in [6.07, 6.45) is 1.64. The molecule has 3 N–H and O–H groups in total. The molecule has 0 fully saturated rings. The zero-order chi connectivity index (χ0) is 13.1. The van der Waals surface area contributed by atoms with E-state index >= 15 is 0 Å². The first-order valence-electron chi connectivity index (χ1n) is 5.69. The minimum atomic E-state index is -0.0231. The number of nitrogen functional groups attached to an aromatic ring is 1. The Morgan fingerprint density at radius 2 is 2.06 bits per heavy atom. The van der Waals surface area contributed by atoms with Crippen molar-refractivity contribution in [1.82, 2.24) is 4.98 Å². The van der Waals surface area contributed by atoms with Gasteiger partial charge in [-0.3, -0.25) is 10.4 Å². The molecule has 0 aliphatic rings. The van der Waals surface area contributed by atoms with E-state index in [0.717, 1.165) is 11.4 Å². The van der Waals surface area contributed by atoms with Crippen LogP contribution in [0, 0.1) is 12.3 Å². The van der Waals surface area contributed by atoms with Crippen LogP contribution < -0.4 is 10.6 Å². The molecule has 0 aliphatic carbocycles. The van der Waals surface area contributed by atoms with Crippen LogP contribution in [0.15, 0.2) is 42.6 Å². The van der Waals surface area contributed by atoms with Crippen molar-refractivity contribution in [2.75, 3.05) is 11.9 Å². The number of nitrogens with two attached hydrogens (primary N) is 1. The second-order valence-corrected chi connectivity index (χ2v) is 4.18. The van der Waals surface area contributed by atoms with Gasteiger partial charge in [0.15, 0.2) is 0 Å². The van der Waals surface area contributed by atoms with Crippen LogP contribution >= 0.6 is 0 Å². The molecule has 0 bridgehead atoms. The van der Waals surface area contributed by atoms with Crippen molar-refractivity contribution in [1.29, 1.82) is 5.41 Å². The number of benzene rings is 1. The van der Waals surface area contributed by atoms with Crippen LogP contribution in [0.5, 0.6) is 0 Å². The first-order valence-corrected chi connectivity index (χ1v) is 5.69. The topological polar surface area (TPSA) is 66.0 Å². The van der Waals surface area contributed by atoms with E-state index in [1.54, 1.807) is 6.20 Å². The first kappa shape index (κ1) is 12.1. The Morgan fingerprint density at radius 1 is 1.28 bits per heavy atom. The largest absolute Gasteiger partial charge is 0.382 e. The van der Waals surface area contributed by atoms with Crippen LogP contribution in [0.3, 0.4) is 0 Å². The molecule has 2 aromatic rings. The summed E-state index contributed by atoms with van der Waals surface area (Å²) in [6.45, 7) is 2.05. The van der Waals surface area contributed by atoms with Crippen LogP contribution in [0.25, 0.3) is 0 Å². The average molecular weight is 240 g/mol. The minimum absolute atomic E-state index is 0.0231. The quantitative estimate of drug-likeness (QED) is 0.639. The Bertz CT molecular complexity index is 578. The van der Waals surface area contributed by atoms with Crippen molar-refractivity contribution in [3.8, 4) is 0 Å². The summed E-state index contributed by atoms with van der Waals surface area (Å²) in [5, 5.41) is 7.56. The predicted octanol–water partition coefficient (Wildman–Crippen LogP) is 2.44. The van der Waals surface area contributed by atoms with Crippen LogP contribution in [0.4, 0.5) is 11.4 Å². The maximum Gasteiger partial charge on any atom is 0.143 e. The zero-order valence-corrected chi connectivity index (χ0v) is 10.5. The number of aromatic nitrogens is 1. The van der Waals surface area contributed by atoms with Crippen LogP contribution in [-0.2, 0) is 0 Å². The van der Waals surface area contributed by atoms with Crippen molar-refractivity contribution in [3.05, 3.63) is 53.9 Å². The second kappa shape index (κ2) is 4.87. The lowest BCUT2D eigenvalue weighted by Gasteiger charge is -2.21. The molecule has 0 spiro atoms. The lowest BCUT2D eigenvalue weighted by molar-refractivity contribution is 1.15. The van der Waals surface area contributed by atoms with Gasteiger partial charge in [-0.2, -0.15) is 0 Å². The fourth-order valence-electron chi connectivity index (χ4n) is 1.85. The Morgan fingerprint density at radius 3 is 2.72 bits per heavy atom.